The van der Waals surface area contributed by atoms with Gasteiger partial charge in [-0.1, -0.05) is 35.3 Å². The first-order chi connectivity index (χ1) is 8.59. The molecule has 1 N–H and O–H groups in total. The fourth-order valence-electron chi connectivity index (χ4n) is 1.79. The second kappa shape index (κ2) is 5.63. The van der Waals surface area contributed by atoms with Gasteiger partial charge >= 0.3 is 0 Å². The number of nitrogens with one attached hydrogen (secondary N) is 1. The minimum absolute atomic E-state index is 0.726. The first kappa shape index (κ1) is 13.2. The van der Waals surface area contributed by atoms with Crippen molar-refractivity contribution < 1.29 is 0 Å². The van der Waals surface area contributed by atoms with E-state index in [2.05, 4.69) is 10.4 Å². The molecule has 0 spiro atoms. The van der Waals surface area contributed by atoms with Crippen LogP contribution in [0.3, 0.4) is 0 Å². The van der Waals surface area contributed by atoms with Gasteiger partial charge in [-0.25, -0.2) is 0 Å². The third kappa shape index (κ3) is 2.79. The summed E-state index contributed by atoms with van der Waals surface area (Å²) in [6.07, 6.45) is 0. The molecule has 18 heavy (non-hydrogen) atoms. The molecular weight excluding hydrogens is 269 g/mol. The fourth-order valence-corrected chi connectivity index (χ4v) is 2.13. The first-order valence-electron chi connectivity index (χ1n) is 5.77. The lowest BCUT2D eigenvalue weighted by Crippen LogP contribution is -2.13. The highest BCUT2D eigenvalue weighted by molar-refractivity contribution is 6.33. The second-order valence-corrected chi connectivity index (χ2v) is 4.90. The molecular formula is C13H15Cl2N3. The molecule has 1 aromatic carbocycles. The van der Waals surface area contributed by atoms with E-state index in [9.17, 15) is 0 Å². The Kier molecular flexibility index (Phi) is 4.15. The summed E-state index contributed by atoms with van der Waals surface area (Å²) in [5.41, 5.74) is 2.80. The van der Waals surface area contributed by atoms with E-state index in [1.54, 1.807) is 0 Å². The second-order valence-electron chi connectivity index (χ2n) is 4.11. The minimum atomic E-state index is 0.726. The van der Waals surface area contributed by atoms with E-state index in [1.807, 2.05) is 42.8 Å². The van der Waals surface area contributed by atoms with Crippen molar-refractivity contribution in [3.8, 4) is 0 Å². The van der Waals surface area contributed by atoms with E-state index in [0.29, 0.717) is 0 Å². The van der Waals surface area contributed by atoms with Crippen molar-refractivity contribution in [1.29, 1.82) is 0 Å². The molecule has 0 saturated carbocycles. The molecule has 0 atom stereocenters. The highest BCUT2D eigenvalue weighted by atomic mass is 35.5. The molecule has 0 amide bonds. The van der Waals surface area contributed by atoms with Crippen LogP contribution in [0.4, 0.5) is 5.69 Å². The number of aromatic nitrogens is 2. The summed E-state index contributed by atoms with van der Waals surface area (Å²) in [4.78, 5) is 0. The lowest BCUT2D eigenvalue weighted by atomic mass is 10.3. The predicted molar refractivity (Wildman–Crippen MR) is 76.7 cm³/mol. The van der Waals surface area contributed by atoms with Gasteiger partial charge in [0.2, 0.25) is 0 Å². The Bertz CT molecular complexity index is 549. The van der Waals surface area contributed by atoms with E-state index >= 15 is 0 Å². The quantitative estimate of drug-likeness (QED) is 0.922. The number of hydrogen-bond acceptors (Lipinski definition) is 2. The van der Waals surface area contributed by atoms with Crippen LogP contribution in [0.2, 0.25) is 10.0 Å². The van der Waals surface area contributed by atoms with Crippen molar-refractivity contribution in [2.45, 2.75) is 20.4 Å². The van der Waals surface area contributed by atoms with Crippen molar-refractivity contribution in [3.63, 3.8) is 0 Å². The van der Waals surface area contributed by atoms with Gasteiger partial charge in [-0.3, -0.25) is 4.68 Å². The monoisotopic (exact) mass is 283 g/mol. The predicted octanol–water partition coefficient (Wildman–Crippen LogP) is 3.92. The Hall–Kier alpha value is -1.19. The van der Waals surface area contributed by atoms with E-state index in [1.165, 1.54) is 0 Å². The largest absolute Gasteiger partial charge is 0.382 e. The molecule has 0 aliphatic carbocycles. The molecule has 0 aliphatic heterocycles. The van der Waals surface area contributed by atoms with Crippen molar-refractivity contribution in [1.82, 2.24) is 9.78 Å². The molecule has 0 unspecified atom stereocenters. The molecule has 2 aromatic rings. The van der Waals surface area contributed by atoms with Gasteiger partial charge in [-0.2, -0.15) is 5.10 Å². The summed E-state index contributed by atoms with van der Waals surface area (Å²) in [7, 11) is 0. The van der Waals surface area contributed by atoms with Crippen LogP contribution in [0.1, 0.15) is 11.4 Å². The molecule has 0 bridgehead atoms. The number of halogens is 2. The normalized spacial score (nSPS) is 10.7. The molecule has 0 radical (unpaired) electrons. The third-order valence-electron chi connectivity index (χ3n) is 2.81. The molecule has 5 heteroatoms. The highest BCUT2D eigenvalue weighted by Crippen LogP contribution is 2.21. The third-order valence-corrected chi connectivity index (χ3v) is 3.68. The zero-order valence-corrected chi connectivity index (χ0v) is 11.9. The van der Waals surface area contributed by atoms with E-state index in [4.69, 9.17) is 23.2 Å². The number of benzene rings is 1. The molecule has 0 saturated heterocycles. The highest BCUT2D eigenvalue weighted by Gasteiger charge is 2.08. The molecule has 96 valence electrons. The number of nitrogens with zero attached hydrogens (tertiary/aromatic N) is 2. The van der Waals surface area contributed by atoms with Crippen molar-refractivity contribution in [3.05, 3.63) is 45.7 Å². The molecule has 1 aromatic heterocycles. The van der Waals surface area contributed by atoms with Crippen LogP contribution >= 0.6 is 23.2 Å². The lowest BCUT2D eigenvalue weighted by Gasteiger charge is -2.09. The first-order valence-corrected chi connectivity index (χ1v) is 6.53. The summed E-state index contributed by atoms with van der Waals surface area (Å²) in [5.74, 6) is 0. The average molecular weight is 284 g/mol. The van der Waals surface area contributed by atoms with Gasteiger partial charge in [0.05, 0.1) is 33.7 Å². The van der Waals surface area contributed by atoms with Gasteiger partial charge in [0.1, 0.15) is 0 Å². The van der Waals surface area contributed by atoms with Crippen LogP contribution in [0.25, 0.3) is 0 Å². The zero-order chi connectivity index (χ0) is 13.1. The van der Waals surface area contributed by atoms with Crippen LogP contribution in [0.5, 0.6) is 0 Å². The maximum absolute atomic E-state index is 6.09. The fraction of sp³-hybridized carbons (Fsp3) is 0.308. The summed E-state index contributed by atoms with van der Waals surface area (Å²) in [6.45, 7) is 5.39. The summed E-state index contributed by atoms with van der Waals surface area (Å²) >= 11 is 12.2. The molecule has 2 rings (SSSR count). The average Bonchev–Trinajstić information content (AvgIpc) is 2.60. The van der Waals surface area contributed by atoms with E-state index < -0.39 is 0 Å². The lowest BCUT2D eigenvalue weighted by molar-refractivity contribution is 0.615. The number of para-hydroxylation sites is 1. The number of rotatable bonds is 4. The maximum Gasteiger partial charge on any atom is 0.0844 e. The van der Waals surface area contributed by atoms with Crippen LogP contribution < -0.4 is 5.32 Å². The number of anilines is 1. The van der Waals surface area contributed by atoms with Gasteiger partial charge in [-0.15, -0.1) is 0 Å². The van der Waals surface area contributed by atoms with Gasteiger partial charge < -0.3 is 5.32 Å². The van der Waals surface area contributed by atoms with Crippen LogP contribution in [0.15, 0.2) is 24.3 Å². The Morgan fingerprint density at radius 3 is 2.56 bits per heavy atom. The van der Waals surface area contributed by atoms with Gasteiger partial charge in [0.25, 0.3) is 0 Å². The van der Waals surface area contributed by atoms with Crippen LogP contribution in [0, 0.1) is 13.8 Å². The SMILES string of the molecule is Cc1nn(CCNc2ccccc2Cl)c(C)c1Cl. The standard InChI is InChI=1S/C13H15Cl2N3/c1-9-13(15)10(2)18(17-9)8-7-16-12-6-4-3-5-11(12)14/h3-6,16H,7-8H2,1-2H3. The zero-order valence-electron chi connectivity index (χ0n) is 10.4. The molecule has 3 nitrogen and oxygen atoms in total. The van der Waals surface area contributed by atoms with Crippen LogP contribution in [-0.4, -0.2) is 16.3 Å². The maximum atomic E-state index is 6.09. The Labute approximate surface area is 117 Å². The Morgan fingerprint density at radius 2 is 1.94 bits per heavy atom. The molecule has 0 fully saturated rings. The van der Waals surface area contributed by atoms with Gasteiger partial charge in [0.15, 0.2) is 0 Å². The van der Waals surface area contributed by atoms with Crippen molar-refractivity contribution >= 4 is 28.9 Å². The molecule has 0 aliphatic rings. The smallest absolute Gasteiger partial charge is 0.0844 e. The van der Waals surface area contributed by atoms with Crippen molar-refractivity contribution in [2.24, 2.45) is 0 Å². The summed E-state index contributed by atoms with van der Waals surface area (Å²) in [6, 6.07) is 7.68. The Morgan fingerprint density at radius 1 is 1.22 bits per heavy atom. The van der Waals surface area contributed by atoms with Crippen LogP contribution in [-0.2, 0) is 6.54 Å². The topological polar surface area (TPSA) is 29.9 Å². The van der Waals surface area contributed by atoms with Crippen molar-refractivity contribution in [2.75, 3.05) is 11.9 Å². The van der Waals surface area contributed by atoms with E-state index in [0.717, 1.165) is 40.2 Å². The Balaban J connectivity index is 1.97. The van der Waals surface area contributed by atoms with Gasteiger partial charge in [0, 0.05) is 6.54 Å². The van der Waals surface area contributed by atoms with E-state index in [-0.39, 0.29) is 0 Å². The number of hydrogen-bond donors (Lipinski definition) is 1. The number of aryl methyl sites for hydroxylation is 1. The summed E-state index contributed by atoms with van der Waals surface area (Å²) < 4.78 is 1.90. The molecule has 1 heterocycles. The van der Waals surface area contributed by atoms with Gasteiger partial charge in [-0.05, 0) is 26.0 Å². The summed E-state index contributed by atoms with van der Waals surface area (Å²) in [5, 5.41) is 9.13. The minimum Gasteiger partial charge on any atom is -0.382 e.